The van der Waals surface area contributed by atoms with E-state index in [2.05, 4.69) is 58.2 Å². The molecule has 0 unspecified atom stereocenters. The van der Waals surface area contributed by atoms with Crippen LogP contribution in [0.4, 0.5) is 10.2 Å². The lowest BCUT2D eigenvalue weighted by Crippen LogP contribution is -2.44. The van der Waals surface area contributed by atoms with Crippen molar-refractivity contribution in [3.63, 3.8) is 0 Å². The Kier molecular flexibility index (Phi) is 6.96. The van der Waals surface area contributed by atoms with Crippen LogP contribution in [0.25, 0.3) is 22.0 Å². The molecule has 2 atom stereocenters. The number of rotatable bonds is 6. The lowest BCUT2D eigenvalue weighted by Gasteiger charge is -2.23. The van der Waals surface area contributed by atoms with E-state index in [1.807, 2.05) is 12.1 Å². The van der Waals surface area contributed by atoms with E-state index in [1.165, 1.54) is 22.0 Å². The maximum atomic E-state index is 14.4. The van der Waals surface area contributed by atoms with Gasteiger partial charge in [-0.15, -0.1) is 0 Å². The van der Waals surface area contributed by atoms with Gasteiger partial charge in [-0.1, -0.05) is 6.07 Å². The first kappa shape index (κ1) is 25.2. The van der Waals surface area contributed by atoms with Crippen LogP contribution in [0, 0.1) is 5.41 Å². The SMILES string of the molecule is C=NC(=N)c1nn(CC(=O)N2C[C@H](F)C[C@H]2C(=O)Nc2cncc(Br)n2)c2ccc(-c3ccnnc3)cc12. The topological polar surface area (TPSA) is 155 Å². The molecule has 14 heteroatoms. The number of hydrogen-bond donors (Lipinski definition) is 2. The number of halogens is 2. The number of amides is 2. The van der Waals surface area contributed by atoms with Crippen LogP contribution < -0.4 is 5.32 Å². The van der Waals surface area contributed by atoms with E-state index in [1.54, 1.807) is 24.5 Å². The first-order valence-corrected chi connectivity index (χ1v) is 12.2. The first-order chi connectivity index (χ1) is 18.3. The zero-order valence-corrected chi connectivity index (χ0v) is 21.3. The van der Waals surface area contributed by atoms with Gasteiger partial charge in [-0.05, 0) is 46.4 Å². The summed E-state index contributed by atoms with van der Waals surface area (Å²) in [6.07, 6.45) is 4.49. The molecule has 1 fully saturated rings. The number of carbonyl (C=O) groups is 2. The molecule has 3 aromatic heterocycles. The third-order valence-electron chi connectivity index (χ3n) is 6.06. The second-order valence-corrected chi connectivity index (χ2v) is 9.30. The van der Waals surface area contributed by atoms with Crippen molar-refractivity contribution in [1.29, 1.82) is 5.41 Å². The normalized spacial score (nSPS) is 16.9. The number of alkyl halides is 1. The van der Waals surface area contributed by atoms with Crippen LogP contribution in [-0.4, -0.2) is 78.0 Å². The van der Waals surface area contributed by atoms with E-state index in [-0.39, 0.29) is 36.9 Å². The number of anilines is 1. The molecule has 2 N–H and O–H groups in total. The van der Waals surface area contributed by atoms with Crippen molar-refractivity contribution in [3.8, 4) is 11.1 Å². The van der Waals surface area contributed by atoms with E-state index in [0.717, 1.165) is 11.1 Å². The molecule has 5 rings (SSSR count). The Morgan fingerprint density at radius 3 is 2.79 bits per heavy atom. The molecular formula is C24H20BrFN10O2. The molecule has 38 heavy (non-hydrogen) atoms. The van der Waals surface area contributed by atoms with Crippen molar-refractivity contribution in [1.82, 2.24) is 34.8 Å². The summed E-state index contributed by atoms with van der Waals surface area (Å²) >= 11 is 3.18. The second-order valence-electron chi connectivity index (χ2n) is 8.49. The predicted octanol–water partition coefficient (Wildman–Crippen LogP) is 2.65. The molecule has 1 aliphatic rings. The Bertz CT molecular complexity index is 1560. The van der Waals surface area contributed by atoms with Crippen LogP contribution in [-0.2, 0) is 16.1 Å². The molecule has 0 aliphatic carbocycles. The molecule has 1 saturated heterocycles. The summed E-state index contributed by atoms with van der Waals surface area (Å²) in [4.78, 5) is 39.2. The number of likely N-dealkylation sites (tertiary alicyclic amines) is 1. The van der Waals surface area contributed by atoms with E-state index in [9.17, 15) is 14.0 Å². The van der Waals surface area contributed by atoms with Crippen LogP contribution in [0.15, 0.2) is 58.6 Å². The molecule has 0 spiro atoms. The minimum Gasteiger partial charge on any atom is -0.326 e. The highest BCUT2D eigenvalue weighted by molar-refractivity contribution is 9.10. The lowest BCUT2D eigenvalue weighted by molar-refractivity contribution is -0.137. The Balaban J connectivity index is 1.43. The molecule has 1 aromatic carbocycles. The van der Waals surface area contributed by atoms with Gasteiger partial charge in [0, 0.05) is 17.4 Å². The van der Waals surface area contributed by atoms with E-state index in [0.29, 0.717) is 15.5 Å². The highest BCUT2D eigenvalue weighted by Gasteiger charge is 2.40. The van der Waals surface area contributed by atoms with Gasteiger partial charge in [0.15, 0.2) is 11.7 Å². The Morgan fingerprint density at radius 2 is 2.05 bits per heavy atom. The molecule has 0 radical (unpaired) electrons. The second kappa shape index (κ2) is 10.5. The number of nitrogens with zero attached hydrogens (tertiary/aromatic N) is 8. The van der Waals surface area contributed by atoms with E-state index in [4.69, 9.17) is 5.41 Å². The van der Waals surface area contributed by atoms with Gasteiger partial charge in [0.2, 0.25) is 11.8 Å². The zero-order chi connectivity index (χ0) is 26.8. The maximum Gasteiger partial charge on any atom is 0.248 e. The third kappa shape index (κ3) is 5.02. The Labute approximate surface area is 223 Å². The molecule has 1 aliphatic heterocycles. The van der Waals surface area contributed by atoms with Crippen molar-refractivity contribution in [2.75, 3.05) is 11.9 Å². The summed E-state index contributed by atoms with van der Waals surface area (Å²) in [5.41, 5.74) is 2.42. The Hall–Kier alpha value is -4.46. The third-order valence-corrected chi connectivity index (χ3v) is 6.45. The fraction of sp³-hybridized carbons (Fsp3) is 0.208. The Morgan fingerprint density at radius 1 is 1.21 bits per heavy atom. The summed E-state index contributed by atoms with van der Waals surface area (Å²) in [5, 5.41) is 23.5. The zero-order valence-electron chi connectivity index (χ0n) is 19.8. The average molecular weight is 579 g/mol. The molecule has 192 valence electrons. The number of nitrogens with one attached hydrogen (secondary N) is 2. The molecule has 0 bridgehead atoms. The van der Waals surface area contributed by atoms with Crippen molar-refractivity contribution in [3.05, 3.63) is 59.3 Å². The van der Waals surface area contributed by atoms with Gasteiger partial charge >= 0.3 is 0 Å². The summed E-state index contributed by atoms with van der Waals surface area (Å²) in [6.45, 7) is 2.92. The van der Waals surface area contributed by atoms with Crippen LogP contribution in [0.3, 0.4) is 0 Å². The minimum atomic E-state index is -1.36. The van der Waals surface area contributed by atoms with Gasteiger partial charge in [-0.25, -0.2) is 14.4 Å². The number of aromatic nitrogens is 6. The van der Waals surface area contributed by atoms with Gasteiger partial charge in [0.05, 0.1) is 36.8 Å². The fourth-order valence-electron chi connectivity index (χ4n) is 4.33. The fourth-order valence-corrected chi connectivity index (χ4v) is 4.64. The minimum absolute atomic E-state index is 0.140. The van der Waals surface area contributed by atoms with Gasteiger partial charge in [-0.3, -0.25) is 24.7 Å². The summed E-state index contributed by atoms with van der Waals surface area (Å²) in [6, 6.07) is 6.18. The predicted molar refractivity (Wildman–Crippen MR) is 141 cm³/mol. The summed E-state index contributed by atoms with van der Waals surface area (Å²) in [5.74, 6) is -1.05. The van der Waals surface area contributed by atoms with E-state index >= 15 is 0 Å². The molecule has 2 amide bonds. The average Bonchev–Trinajstić information content (AvgIpc) is 3.49. The molecule has 12 nitrogen and oxygen atoms in total. The van der Waals surface area contributed by atoms with Crippen LogP contribution in [0.1, 0.15) is 12.1 Å². The van der Waals surface area contributed by atoms with Crippen molar-refractivity contribution < 1.29 is 14.0 Å². The number of carbonyl (C=O) groups excluding carboxylic acids is 2. The molecule has 0 saturated carbocycles. The summed E-state index contributed by atoms with van der Waals surface area (Å²) in [7, 11) is 0. The summed E-state index contributed by atoms with van der Waals surface area (Å²) < 4.78 is 16.2. The van der Waals surface area contributed by atoms with Gasteiger partial charge in [0.1, 0.15) is 29.1 Å². The first-order valence-electron chi connectivity index (χ1n) is 11.4. The van der Waals surface area contributed by atoms with Gasteiger partial charge < -0.3 is 10.2 Å². The van der Waals surface area contributed by atoms with Crippen LogP contribution in [0.2, 0.25) is 0 Å². The number of amidine groups is 1. The highest BCUT2D eigenvalue weighted by Crippen LogP contribution is 2.28. The van der Waals surface area contributed by atoms with Crippen LogP contribution >= 0.6 is 15.9 Å². The number of aliphatic imine (C=N–C) groups is 1. The van der Waals surface area contributed by atoms with Crippen molar-refractivity contribution >= 4 is 57.0 Å². The quantitative estimate of drug-likeness (QED) is 0.263. The van der Waals surface area contributed by atoms with Crippen molar-refractivity contribution in [2.24, 2.45) is 4.99 Å². The number of fused-ring (bicyclic) bond motifs is 1. The highest BCUT2D eigenvalue weighted by atomic mass is 79.9. The van der Waals surface area contributed by atoms with Gasteiger partial charge in [-0.2, -0.15) is 15.3 Å². The van der Waals surface area contributed by atoms with Gasteiger partial charge in [0.25, 0.3) is 0 Å². The maximum absolute atomic E-state index is 14.4. The lowest BCUT2D eigenvalue weighted by atomic mass is 10.0. The van der Waals surface area contributed by atoms with Crippen molar-refractivity contribution in [2.45, 2.75) is 25.2 Å². The molecule has 4 aromatic rings. The number of hydrogen-bond acceptors (Lipinski definition) is 8. The smallest absolute Gasteiger partial charge is 0.248 e. The van der Waals surface area contributed by atoms with E-state index < -0.39 is 24.0 Å². The largest absolute Gasteiger partial charge is 0.326 e. The standard InChI is InChI=1S/C24H20BrFN10O2/c1-28-23(27)22-16-6-13(14-4-5-30-31-8-14)2-3-17(16)36(34-22)12-21(37)35-11-15(26)7-18(35)24(38)33-20-10-29-9-19(25)32-20/h2-6,8-10,15,18,27H,1,7,11-12H2,(H,32,33,38)/t15-,18+/m1/s1. The monoisotopic (exact) mass is 578 g/mol. The number of benzene rings is 1. The molecule has 4 heterocycles. The molecular weight excluding hydrogens is 559 g/mol. The van der Waals surface area contributed by atoms with Crippen LogP contribution in [0.5, 0.6) is 0 Å².